The molecule has 1 saturated heterocycles. The molecule has 1 aliphatic rings. The van der Waals surface area contributed by atoms with Gasteiger partial charge in [-0.2, -0.15) is 0 Å². The molecule has 0 saturated carbocycles. The zero-order valence-electron chi connectivity index (χ0n) is 11.8. The van der Waals surface area contributed by atoms with Gasteiger partial charge >= 0.3 is 5.97 Å². The van der Waals surface area contributed by atoms with Gasteiger partial charge in [-0.15, -0.1) is 0 Å². The number of halogens is 1. The summed E-state index contributed by atoms with van der Waals surface area (Å²) in [4.78, 5) is 25.6. The maximum atomic E-state index is 12.7. The Morgan fingerprint density at radius 1 is 1.33 bits per heavy atom. The third kappa shape index (κ3) is 3.47. The van der Waals surface area contributed by atoms with Gasteiger partial charge < -0.3 is 14.7 Å². The van der Waals surface area contributed by atoms with Gasteiger partial charge in [-0.05, 0) is 31.0 Å². The maximum absolute atomic E-state index is 12.7. The van der Waals surface area contributed by atoms with Gasteiger partial charge in [0.25, 0.3) is 5.91 Å². The Balaban J connectivity index is 2.36. The first-order valence-electron chi connectivity index (χ1n) is 6.92. The molecule has 0 aromatic heterocycles. The predicted molar refractivity (Wildman–Crippen MR) is 78.9 cm³/mol. The van der Waals surface area contributed by atoms with Crippen LogP contribution in [0.4, 0.5) is 0 Å². The highest BCUT2D eigenvalue weighted by Crippen LogP contribution is 2.27. The molecule has 1 amide bonds. The van der Waals surface area contributed by atoms with Crippen LogP contribution < -0.4 is 4.74 Å². The van der Waals surface area contributed by atoms with Crippen LogP contribution in [0.5, 0.6) is 5.75 Å². The van der Waals surface area contributed by atoms with Crippen LogP contribution in [0.15, 0.2) is 18.2 Å². The van der Waals surface area contributed by atoms with Crippen molar-refractivity contribution in [1.82, 2.24) is 4.90 Å². The average Bonchev–Trinajstić information content (AvgIpc) is 2.72. The smallest absolute Gasteiger partial charge is 0.326 e. The molecule has 1 aromatic rings. The van der Waals surface area contributed by atoms with Crippen LogP contribution in [-0.2, 0) is 4.79 Å². The van der Waals surface area contributed by atoms with Gasteiger partial charge in [0.2, 0.25) is 0 Å². The third-order valence-corrected chi connectivity index (χ3v) is 3.93. The van der Waals surface area contributed by atoms with Crippen molar-refractivity contribution in [3.63, 3.8) is 0 Å². The first-order chi connectivity index (χ1) is 10.0. The highest BCUT2D eigenvalue weighted by molar-refractivity contribution is 6.31. The molecule has 0 bridgehead atoms. The molecule has 1 unspecified atom stereocenters. The summed E-state index contributed by atoms with van der Waals surface area (Å²) >= 11 is 5.95. The van der Waals surface area contributed by atoms with Crippen LogP contribution in [0.2, 0.25) is 5.02 Å². The Morgan fingerprint density at radius 3 is 2.76 bits per heavy atom. The second-order valence-electron chi connectivity index (χ2n) is 5.05. The minimum Gasteiger partial charge on any atom is -0.496 e. The number of carboxylic acid groups (broad SMARTS) is 1. The Hall–Kier alpha value is -1.75. The summed E-state index contributed by atoms with van der Waals surface area (Å²) in [6, 6.07) is 3.98. The predicted octanol–water partition coefficient (Wildman–Crippen LogP) is 2.82. The van der Waals surface area contributed by atoms with E-state index in [4.69, 9.17) is 16.3 Å². The van der Waals surface area contributed by atoms with Gasteiger partial charge in [-0.1, -0.05) is 24.4 Å². The topological polar surface area (TPSA) is 66.8 Å². The van der Waals surface area contributed by atoms with E-state index in [1.807, 2.05) is 0 Å². The lowest BCUT2D eigenvalue weighted by atomic mass is 10.1. The molecule has 1 N–H and O–H groups in total. The fourth-order valence-corrected chi connectivity index (χ4v) is 2.78. The van der Waals surface area contributed by atoms with E-state index in [-0.39, 0.29) is 5.91 Å². The zero-order chi connectivity index (χ0) is 15.4. The fourth-order valence-electron chi connectivity index (χ4n) is 2.61. The van der Waals surface area contributed by atoms with E-state index >= 15 is 0 Å². The van der Waals surface area contributed by atoms with Gasteiger partial charge in [0.1, 0.15) is 11.8 Å². The standard InChI is InChI=1S/C15H18ClNO4/c1-21-13-7-6-10(16)9-11(13)14(18)17-8-4-2-3-5-12(17)15(19)20/h6-7,9,12H,2-5,8H2,1H3,(H,19,20). The molecule has 1 atom stereocenters. The van der Waals surface area contributed by atoms with Gasteiger partial charge in [0, 0.05) is 11.6 Å². The number of carbonyl (C=O) groups is 2. The van der Waals surface area contributed by atoms with Crippen molar-refractivity contribution >= 4 is 23.5 Å². The zero-order valence-corrected chi connectivity index (χ0v) is 12.6. The highest BCUT2D eigenvalue weighted by atomic mass is 35.5. The van der Waals surface area contributed by atoms with E-state index in [1.54, 1.807) is 12.1 Å². The monoisotopic (exact) mass is 311 g/mol. The molecule has 1 aromatic carbocycles. The Morgan fingerprint density at radius 2 is 2.10 bits per heavy atom. The number of amides is 1. The third-order valence-electron chi connectivity index (χ3n) is 3.69. The van der Waals surface area contributed by atoms with E-state index < -0.39 is 12.0 Å². The number of hydrogen-bond donors (Lipinski definition) is 1. The summed E-state index contributed by atoms with van der Waals surface area (Å²) < 4.78 is 5.19. The summed E-state index contributed by atoms with van der Waals surface area (Å²) in [6.07, 6.45) is 3.02. The quantitative estimate of drug-likeness (QED) is 0.932. The molecule has 6 heteroatoms. The van der Waals surface area contributed by atoms with Crippen LogP contribution in [-0.4, -0.2) is 41.6 Å². The number of ether oxygens (including phenoxy) is 1. The second-order valence-corrected chi connectivity index (χ2v) is 5.48. The maximum Gasteiger partial charge on any atom is 0.326 e. The lowest BCUT2D eigenvalue weighted by Gasteiger charge is -2.27. The van der Waals surface area contributed by atoms with Crippen LogP contribution in [0.3, 0.4) is 0 Å². The van der Waals surface area contributed by atoms with E-state index in [9.17, 15) is 14.7 Å². The molecule has 21 heavy (non-hydrogen) atoms. The molecule has 114 valence electrons. The van der Waals surface area contributed by atoms with Crippen LogP contribution in [0.25, 0.3) is 0 Å². The number of carbonyl (C=O) groups excluding carboxylic acids is 1. The summed E-state index contributed by atoms with van der Waals surface area (Å²) in [5.74, 6) is -0.910. The molecule has 0 aliphatic carbocycles. The van der Waals surface area contributed by atoms with Crippen molar-refractivity contribution in [2.45, 2.75) is 31.7 Å². The first kappa shape index (κ1) is 15.6. The number of benzene rings is 1. The fraction of sp³-hybridized carbons (Fsp3) is 0.467. The normalized spacial score (nSPS) is 19.0. The average molecular weight is 312 g/mol. The summed E-state index contributed by atoms with van der Waals surface area (Å²) in [7, 11) is 1.47. The summed E-state index contributed by atoms with van der Waals surface area (Å²) in [5, 5.41) is 9.78. The van der Waals surface area contributed by atoms with Gasteiger partial charge in [0.05, 0.1) is 12.7 Å². The first-order valence-corrected chi connectivity index (χ1v) is 7.29. The van der Waals surface area contributed by atoms with Crippen molar-refractivity contribution < 1.29 is 19.4 Å². The molecule has 1 aliphatic heterocycles. The highest BCUT2D eigenvalue weighted by Gasteiger charge is 2.32. The van der Waals surface area contributed by atoms with Gasteiger partial charge in [-0.3, -0.25) is 4.79 Å². The SMILES string of the molecule is COc1ccc(Cl)cc1C(=O)N1CCCCCC1C(=O)O. The molecular weight excluding hydrogens is 294 g/mol. The van der Waals surface area contributed by atoms with Crippen LogP contribution in [0.1, 0.15) is 36.0 Å². The Labute approximate surface area is 128 Å². The molecule has 1 fully saturated rings. The van der Waals surface area contributed by atoms with Crippen LogP contribution in [0, 0.1) is 0 Å². The number of nitrogens with zero attached hydrogens (tertiary/aromatic N) is 1. The van der Waals surface area contributed by atoms with Crippen LogP contribution >= 0.6 is 11.6 Å². The van der Waals surface area contributed by atoms with E-state index in [2.05, 4.69) is 0 Å². The molecule has 0 spiro atoms. The lowest BCUT2D eigenvalue weighted by molar-refractivity contribution is -0.142. The number of carboxylic acids is 1. The van der Waals surface area contributed by atoms with Gasteiger partial charge in [-0.25, -0.2) is 4.79 Å². The van der Waals surface area contributed by atoms with Crippen molar-refractivity contribution in [2.75, 3.05) is 13.7 Å². The van der Waals surface area contributed by atoms with Crippen molar-refractivity contribution in [2.24, 2.45) is 0 Å². The number of methoxy groups -OCH3 is 1. The number of aliphatic carboxylic acids is 1. The molecule has 0 radical (unpaired) electrons. The second kappa shape index (κ2) is 6.80. The van der Waals surface area contributed by atoms with Crippen molar-refractivity contribution in [3.05, 3.63) is 28.8 Å². The summed E-state index contributed by atoms with van der Waals surface area (Å²) in [6.45, 7) is 0.436. The van der Waals surface area contributed by atoms with Crippen molar-refractivity contribution in [1.29, 1.82) is 0 Å². The molecule has 1 heterocycles. The van der Waals surface area contributed by atoms with E-state index in [1.165, 1.54) is 18.1 Å². The largest absolute Gasteiger partial charge is 0.496 e. The molecule has 5 nitrogen and oxygen atoms in total. The summed E-state index contributed by atoms with van der Waals surface area (Å²) in [5.41, 5.74) is 0.304. The number of likely N-dealkylation sites (tertiary alicyclic amines) is 1. The number of rotatable bonds is 3. The van der Waals surface area contributed by atoms with E-state index in [0.29, 0.717) is 29.3 Å². The Kier molecular flexibility index (Phi) is 5.07. The van der Waals surface area contributed by atoms with E-state index in [0.717, 1.165) is 19.3 Å². The Bertz CT molecular complexity index is 546. The van der Waals surface area contributed by atoms with Crippen molar-refractivity contribution in [3.8, 4) is 5.75 Å². The lowest BCUT2D eigenvalue weighted by Crippen LogP contribution is -2.44. The number of hydrogen-bond acceptors (Lipinski definition) is 3. The minimum atomic E-state index is -0.966. The minimum absolute atomic E-state index is 0.304. The molecular formula is C15H18ClNO4. The van der Waals surface area contributed by atoms with Gasteiger partial charge in [0.15, 0.2) is 0 Å². The molecule has 2 rings (SSSR count).